The smallest absolute Gasteiger partial charge is 0.396 e. The summed E-state index contributed by atoms with van der Waals surface area (Å²) >= 11 is 0. The third kappa shape index (κ3) is 1.99. The van der Waals surface area contributed by atoms with Crippen LogP contribution in [0.2, 0.25) is 0 Å². The van der Waals surface area contributed by atoms with Crippen LogP contribution in [0, 0.1) is 0 Å². The fourth-order valence-corrected chi connectivity index (χ4v) is 1.31. The predicted octanol–water partition coefficient (Wildman–Crippen LogP) is 1.28. The summed E-state index contributed by atoms with van der Waals surface area (Å²) in [5, 5.41) is 12.6. The molecule has 0 unspecified atom stereocenters. The van der Waals surface area contributed by atoms with Crippen molar-refractivity contribution in [3.8, 4) is 0 Å². The van der Waals surface area contributed by atoms with Crippen molar-refractivity contribution < 1.29 is 18.3 Å². The maximum Gasteiger partial charge on any atom is 0.416 e. The predicted molar refractivity (Wildman–Crippen MR) is 48.8 cm³/mol. The fraction of sp³-hybridized carbons (Fsp3) is 0.333. The number of hydrogen-bond acceptors (Lipinski definition) is 3. The number of aliphatic hydroxyl groups excluding tert-OH is 1. The summed E-state index contributed by atoms with van der Waals surface area (Å²) in [5.41, 5.74) is -0.638. The van der Waals surface area contributed by atoms with Gasteiger partial charge in [0.15, 0.2) is 11.5 Å². The SMILES string of the molecule is OCCc1nc2cc(C(F)(F)F)ccn2n1. The molecule has 2 aromatic rings. The summed E-state index contributed by atoms with van der Waals surface area (Å²) in [6, 6.07) is 1.86. The standard InChI is InChI=1S/C9H8F3N3O/c10-9(11,12)6-1-3-15-8(5-6)13-7(14-15)2-4-16/h1,3,5,16H,2,4H2. The van der Waals surface area contributed by atoms with Gasteiger partial charge >= 0.3 is 6.18 Å². The van der Waals surface area contributed by atoms with E-state index in [0.717, 1.165) is 12.1 Å². The normalized spacial score (nSPS) is 12.2. The minimum Gasteiger partial charge on any atom is -0.396 e. The Bertz CT molecular complexity index is 506. The molecule has 0 bridgehead atoms. The Labute approximate surface area is 88.3 Å². The molecule has 0 amide bonds. The lowest BCUT2D eigenvalue weighted by atomic mass is 10.2. The third-order valence-electron chi connectivity index (χ3n) is 2.04. The van der Waals surface area contributed by atoms with E-state index >= 15 is 0 Å². The Morgan fingerprint density at radius 1 is 1.38 bits per heavy atom. The van der Waals surface area contributed by atoms with Gasteiger partial charge in [-0.15, -0.1) is 0 Å². The van der Waals surface area contributed by atoms with E-state index in [1.54, 1.807) is 0 Å². The van der Waals surface area contributed by atoms with E-state index in [1.165, 1.54) is 10.7 Å². The second kappa shape index (κ2) is 3.75. The van der Waals surface area contributed by atoms with Crippen LogP contribution in [0.25, 0.3) is 5.65 Å². The summed E-state index contributed by atoms with van der Waals surface area (Å²) in [4.78, 5) is 3.87. The number of fused-ring (bicyclic) bond motifs is 1. The molecule has 0 aromatic carbocycles. The van der Waals surface area contributed by atoms with Crippen LogP contribution in [0.1, 0.15) is 11.4 Å². The van der Waals surface area contributed by atoms with Crippen LogP contribution >= 0.6 is 0 Å². The van der Waals surface area contributed by atoms with Crippen molar-refractivity contribution in [2.75, 3.05) is 6.61 Å². The summed E-state index contributed by atoms with van der Waals surface area (Å²) in [6.45, 7) is -0.136. The van der Waals surface area contributed by atoms with Gasteiger partial charge in [0.05, 0.1) is 12.2 Å². The van der Waals surface area contributed by atoms with Crippen LogP contribution < -0.4 is 0 Å². The van der Waals surface area contributed by atoms with E-state index in [4.69, 9.17) is 5.11 Å². The first-order valence-corrected chi connectivity index (χ1v) is 4.54. The number of hydrogen-bond donors (Lipinski definition) is 1. The molecule has 0 saturated heterocycles. The highest BCUT2D eigenvalue weighted by Crippen LogP contribution is 2.29. The molecule has 7 heteroatoms. The molecular formula is C9H8F3N3O. The van der Waals surface area contributed by atoms with Gasteiger partial charge in [0.1, 0.15) is 0 Å². The summed E-state index contributed by atoms with van der Waals surface area (Å²) in [5.74, 6) is 0.321. The molecular weight excluding hydrogens is 223 g/mol. The number of halogens is 3. The van der Waals surface area contributed by atoms with Crippen LogP contribution in [0.15, 0.2) is 18.3 Å². The highest BCUT2D eigenvalue weighted by atomic mass is 19.4. The lowest BCUT2D eigenvalue weighted by molar-refractivity contribution is -0.137. The van der Waals surface area contributed by atoms with Crippen molar-refractivity contribution in [2.24, 2.45) is 0 Å². The van der Waals surface area contributed by atoms with Crippen LogP contribution in [0.5, 0.6) is 0 Å². The van der Waals surface area contributed by atoms with Gasteiger partial charge in [-0.25, -0.2) is 9.50 Å². The zero-order valence-corrected chi connectivity index (χ0v) is 8.07. The fourth-order valence-electron chi connectivity index (χ4n) is 1.31. The summed E-state index contributed by atoms with van der Waals surface area (Å²) < 4.78 is 38.4. The Balaban J connectivity index is 2.46. The van der Waals surface area contributed by atoms with Gasteiger partial charge in [0.25, 0.3) is 0 Å². The van der Waals surface area contributed by atoms with Crippen LogP contribution in [0.3, 0.4) is 0 Å². The average Bonchev–Trinajstić information content (AvgIpc) is 2.57. The molecule has 0 aliphatic carbocycles. The van der Waals surface area contributed by atoms with Crippen molar-refractivity contribution >= 4 is 5.65 Å². The second-order valence-electron chi connectivity index (χ2n) is 3.22. The minimum absolute atomic E-state index is 0.123. The Morgan fingerprint density at radius 2 is 2.12 bits per heavy atom. The highest BCUT2D eigenvalue weighted by molar-refractivity contribution is 5.41. The first-order chi connectivity index (χ1) is 7.50. The van der Waals surface area contributed by atoms with Crippen molar-refractivity contribution in [1.29, 1.82) is 0 Å². The molecule has 16 heavy (non-hydrogen) atoms. The molecule has 2 aromatic heterocycles. The van der Waals surface area contributed by atoms with E-state index in [1.807, 2.05) is 0 Å². The maximum atomic E-state index is 12.4. The number of nitrogens with zero attached hydrogens (tertiary/aromatic N) is 3. The lowest BCUT2D eigenvalue weighted by Crippen LogP contribution is -2.05. The molecule has 86 valence electrons. The molecule has 4 nitrogen and oxygen atoms in total. The Hall–Kier alpha value is -1.63. The lowest BCUT2D eigenvalue weighted by Gasteiger charge is -2.05. The van der Waals surface area contributed by atoms with Gasteiger partial charge in [0, 0.05) is 12.6 Å². The van der Waals surface area contributed by atoms with Gasteiger partial charge in [-0.1, -0.05) is 0 Å². The molecule has 1 N–H and O–H groups in total. The topological polar surface area (TPSA) is 50.4 Å². The third-order valence-corrected chi connectivity index (χ3v) is 2.04. The van der Waals surface area contributed by atoms with Crippen molar-refractivity contribution in [2.45, 2.75) is 12.6 Å². The second-order valence-corrected chi connectivity index (χ2v) is 3.22. The molecule has 0 fully saturated rings. The maximum absolute atomic E-state index is 12.4. The number of pyridine rings is 1. The van der Waals surface area contributed by atoms with Crippen molar-refractivity contribution in [1.82, 2.24) is 14.6 Å². The number of aromatic nitrogens is 3. The molecule has 2 rings (SSSR count). The summed E-state index contributed by atoms with van der Waals surface area (Å²) in [7, 11) is 0. The van der Waals surface area contributed by atoms with E-state index in [0.29, 0.717) is 5.82 Å². The Kier molecular flexibility index (Phi) is 2.55. The van der Waals surface area contributed by atoms with Crippen LogP contribution in [0.4, 0.5) is 13.2 Å². The van der Waals surface area contributed by atoms with Gasteiger partial charge in [-0.05, 0) is 12.1 Å². The molecule has 0 aliphatic rings. The molecule has 0 saturated carbocycles. The van der Waals surface area contributed by atoms with E-state index in [2.05, 4.69) is 10.1 Å². The molecule has 2 heterocycles. The first-order valence-electron chi connectivity index (χ1n) is 4.54. The molecule has 0 spiro atoms. The zero-order valence-electron chi connectivity index (χ0n) is 8.07. The van der Waals surface area contributed by atoms with Gasteiger partial charge < -0.3 is 5.11 Å². The van der Waals surface area contributed by atoms with Crippen LogP contribution in [-0.2, 0) is 12.6 Å². The largest absolute Gasteiger partial charge is 0.416 e. The highest BCUT2D eigenvalue weighted by Gasteiger charge is 2.30. The van der Waals surface area contributed by atoms with Crippen LogP contribution in [-0.4, -0.2) is 26.3 Å². The molecule has 0 aliphatic heterocycles. The van der Waals surface area contributed by atoms with Gasteiger partial charge in [0.2, 0.25) is 0 Å². The molecule has 0 radical (unpaired) electrons. The first kappa shape index (κ1) is 10.9. The number of rotatable bonds is 2. The van der Waals surface area contributed by atoms with E-state index in [9.17, 15) is 13.2 Å². The summed E-state index contributed by atoms with van der Waals surface area (Å²) in [6.07, 6.45) is -2.96. The van der Waals surface area contributed by atoms with Crippen molar-refractivity contribution in [3.63, 3.8) is 0 Å². The van der Waals surface area contributed by atoms with Crippen molar-refractivity contribution in [3.05, 3.63) is 29.7 Å². The Morgan fingerprint density at radius 3 is 2.75 bits per heavy atom. The minimum atomic E-state index is -4.38. The van der Waals surface area contributed by atoms with E-state index in [-0.39, 0.29) is 18.7 Å². The van der Waals surface area contributed by atoms with Gasteiger partial charge in [-0.2, -0.15) is 18.3 Å². The average molecular weight is 231 g/mol. The number of aliphatic hydroxyl groups is 1. The number of alkyl halides is 3. The van der Waals surface area contributed by atoms with Gasteiger partial charge in [-0.3, -0.25) is 0 Å². The zero-order chi connectivity index (χ0) is 11.8. The monoisotopic (exact) mass is 231 g/mol. The van der Waals surface area contributed by atoms with E-state index < -0.39 is 11.7 Å². The quantitative estimate of drug-likeness (QED) is 0.847. The molecule has 0 atom stereocenters.